The Morgan fingerprint density at radius 2 is 1.29 bits per heavy atom. The number of fused-ring (bicyclic) bond motifs is 1. The number of rotatable bonds is 9. The molecule has 1 aromatic carbocycles. The number of amides is 11. The molecule has 496 valence electrons. The smallest absolute Gasteiger partial charge is 0.351 e. The summed E-state index contributed by atoms with van der Waals surface area (Å²) in [6.07, 6.45) is 3.22. The van der Waals surface area contributed by atoms with Gasteiger partial charge < -0.3 is 55.6 Å². The second kappa shape index (κ2) is 31.0. The van der Waals surface area contributed by atoms with Crippen molar-refractivity contribution < 1.29 is 65.9 Å². The Morgan fingerprint density at radius 3 is 1.89 bits per heavy atom. The second-order valence-electron chi connectivity index (χ2n) is 26.2. The molecule has 89 heavy (non-hydrogen) atoms. The van der Waals surface area contributed by atoms with E-state index in [0.29, 0.717) is 44.1 Å². The van der Waals surface area contributed by atoms with E-state index < -0.39 is 161 Å². The topological polar surface area (TPSA) is 259 Å². The summed E-state index contributed by atoms with van der Waals surface area (Å²) >= 11 is 6.11. The molecule has 2 saturated heterocycles. The fourth-order valence-corrected chi connectivity index (χ4v) is 13.6. The summed E-state index contributed by atoms with van der Waals surface area (Å²) in [6.45, 7) is 7.25. The highest BCUT2D eigenvalue weighted by molar-refractivity contribution is 6.31. The van der Waals surface area contributed by atoms with E-state index in [1.165, 1.54) is 72.9 Å². The summed E-state index contributed by atoms with van der Waals surface area (Å²) in [6, 6.07) is -4.43. The molecule has 1 aromatic rings. The van der Waals surface area contributed by atoms with E-state index >= 15 is 0 Å². The van der Waals surface area contributed by atoms with E-state index in [9.17, 15) is 65.9 Å². The van der Waals surface area contributed by atoms with Gasteiger partial charge in [-0.1, -0.05) is 96.7 Å². The summed E-state index contributed by atoms with van der Waals surface area (Å²) in [5.74, 6) is -7.76. The Balaban J connectivity index is 1.34. The maximum atomic E-state index is 15.0. The maximum Gasteiger partial charge on any atom is 0.417 e. The van der Waals surface area contributed by atoms with Crippen LogP contribution in [-0.2, 0) is 65.3 Å². The Bertz CT molecular complexity index is 2770. The number of halogens is 4. The lowest BCUT2D eigenvalue weighted by atomic mass is 9.84. The number of aryl methyl sites for hydroxylation is 1. The molecule has 0 radical (unpaired) electrons. The Hall–Kier alpha value is -6.53. The lowest BCUT2D eigenvalue weighted by Crippen LogP contribution is -2.64. The molecule has 11 amide bonds. The van der Waals surface area contributed by atoms with Crippen molar-refractivity contribution in [2.75, 3.05) is 68.5 Å². The average molecular weight is 1270 g/mol. The number of likely N-dealkylation sites (N-methyl/N-ethyl adjacent to an activating group) is 6. The third kappa shape index (κ3) is 18.1. The molecular formula is C63H95ClF3N11O11. The van der Waals surface area contributed by atoms with Gasteiger partial charge >= 0.3 is 6.18 Å². The van der Waals surface area contributed by atoms with Crippen LogP contribution in [-0.4, -0.2) is 216 Å². The molecule has 3 saturated carbocycles. The molecule has 2 heterocycles. The van der Waals surface area contributed by atoms with Crippen molar-refractivity contribution in [1.82, 2.24) is 55.6 Å². The summed E-state index contributed by atoms with van der Waals surface area (Å²) in [5, 5.41) is 11.0. The normalized spacial score (nSPS) is 27.3. The summed E-state index contributed by atoms with van der Waals surface area (Å²) < 4.78 is 41.3. The monoisotopic (exact) mass is 1270 g/mol. The molecule has 8 atom stereocenters. The quantitative estimate of drug-likeness (QED) is 0.267. The molecule has 6 rings (SSSR count). The van der Waals surface area contributed by atoms with Crippen LogP contribution >= 0.6 is 11.6 Å². The first kappa shape index (κ1) is 71.5. The van der Waals surface area contributed by atoms with Gasteiger partial charge in [0.15, 0.2) is 0 Å². The lowest BCUT2D eigenvalue weighted by molar-refractivity contribution is -0.149. The minimum absolute atomic E-state index is 0.0375. The van der Waals surface area contributed by atoms with Crippen molar-refractivity contribution in [1.29, 1.82) is 0 Å². The molecule has 22 nitrogen and oxygen atoms in total. The predicted molar refractivity (Wildman–Crippen MR) is 326 cm³/mol. The number of benzene rings is 1. The SMILES string of the molecule is CC[C@H](C)[C@@H]1NC(=O)[C@H](C2CC2)N(C)C(=O)C[C@@H](C)NC(=O)[C@H](C(C)C)N(C)C(=O)C2(CCCC2)NC(=O)C2CCCN2C(=O)[C@H](CCc2ccc(C(F)(F)F)c(Cl)c2)NC(=O)CN(C)C(=O)[C@H](CC2CCCCC2)N(C)C(=O)CN(C)C(=O)CN(C)C1=O. The van der Waals surface area contributed by atoms with E-state index in [4.69, 9.17) is 11.6 Å². The molecule has 5 aliphatic rings. The van der Waals surface area contributed by atoms with Crippen LogP contribution in [0.5, 0.6) is 0 Å². The highest BCUT2D eigenvalue weighted by Crippen LogP contribution is 2.38. The van der Waals surface area contributed by atoms with Crippen molar-refractivity contribution in [3.8, 4) is 0 Å². The number of hydrogen-bond acceptors (Lipinski definition) is 11. The molecule has 3 aliphatic carbocycles. The Labute approximate surface area is 526 Å². The van der Waals surface area contributed by atoms with Crippen LogP contribution in [0.3, 0.4) is 0 Å². The molecule has 0 bridgehead atoms. The van der Waals surface area contributed by atoms with Gasteiger partial charge in [-0.15, -0.1) is 0 Å². The van der Waals surface area contributed by atoms with E-state index in [0.717, 1.165) is 54.0 Å². The minimum Gasteiger partial charge on any atom is -0.351 e. The number of carbonyl (C=O) groups excluding carboxylic acids is 11. The first-order valence-electron chi connectivity index (χ1n) is 31.7. The van der Waals surface area contributed by atoms with Gasteiger partial charge in [-0.3, -0.25) is 52.7 Å². The van der Waals surface area contributed by atoms with Crippen LogP contribution in [0.15, 0.2) is 18.2 Å². The Kier molecular flexibility index (Phi) is 24.9. The highest BCUT2D eigenvalue weighted by atomic mass is 35.5. The van der Waals surface area contributed by atoms with Gasteiger partial charge in [-0.05, 0) is 106 Å². The molecule has 26 heteroatoms. The number of nitrogens with one attached hydrogen (secondary N) is 4. The fourth-order valence-electron chi connectivity index (χ4n) is 13.2. The Morgan fingerprint density at radius 1 is 0.663 bits per heavy atom. The molecular weight excluding hydrogens is 1180 g/mol. The summed E-state index contributed by atoms with van der Waals surface area (Å²) in [4.78, 5) is 168. The van der Waals surface area contributed by atoms with Gasteiger partial charge in [0.25, 0.3) is 0 Å². The maximum absolute atomic E-state index is 15.0. The van der Waals surface area contributed by atoms with Crippen LogP contribution in [0.4, 0.5) is 13.2 Å². The molecule has 5 fully saturated rings. The first-order chi connectivity index (χ1) is 41.8. The zero-order valence-electron chi connectivity index (χ0n) is 53.8. The van der Waals surface area contributed by atoms with Crippen LogP contribution in [0.2, 0.25) is 5.02 Å². The number of hydrogen-bond donors (Lipinski definition) is 4. The minimum atomic E-state index is -4.74. The van der Waals surface area contributed by atoms with Crippen LogP contribution in [0.25, 0.3) is 0 Å². The molecule has 1 spiro atoms. The van der Waals surface area contributed by atoms with Crippen molar-refractivity contribution in [3.63, 3.8) is 0 Å². The number of alkyl halides is 3. The first-order valence-corrected chi connectivity index (χ1v) is 32.1. The predicted octanol–water partition coefficient (Wildman–Crippen LogP) is 4.53. The van der Waals surface area contributed by atoms with E-state index in [-0.39, 0.29) is 63.3 Å². The van der Waals surface area contributed by atoms with Crippen LogP contribution in [0, 0.1) is 23.7 Å². The van der Waals surface area contributed by atoms with Gasteiger partial charge in [0.05, 0.1) is 30.2 Å². The van der Waals surface area contributed by atoms with Gasteiger partial charge in [-0.25, -0.2) is 0 Å². The van der Waals surface area contributed by atoms with E-state index in [1.54, 1.807) is 27.7 Å². The molecule has 2 aliphatic heterocycles. The van der Waals surface area contributed by atoms with Gasteiger partial charge in [0.1, 0.15) is 41.8 Å². The zero-order valence-corrected chi connectivity index (χ0v) is 54.5. The average Bonchev–Trinajstić information content (AvgIpc) is 1.87. The third-order valence-electron chi connectivity index (χ3n) is 18.9. The standard InChI is InChI=1S/C63H95ClF3N11O11/c1-12-38(4)52-60(88)74(8)35-50(81)72(6)36-51(82)75(9)47(33-40-19-14-13-15-20-40)59(87)73(7)34-48(79)69-45(27-23-41-22-26-43(44(64)32-41)63(65,66)67)58(86)78-30-18-21-46(78)55(83)71-62(28-16-17-29-62)61(89)77(11)53(37(2)3)56(84)68-39(5)31-49(80)76(10)54(42-24-25-42)57(85)70-52/h22,26,32,37-40,42,45-47,52-54H,12-21,23-25,27-31,33-36H2,1-11H3,(H,68,84)(H,69,79)(H,70,85)(H,71,83)/t38-,39+,45-,46?,47-,52-,53-,54-/m0/s1. The van der Waals surface area contributed by atoms with E-state index in [2.05, 4.69) is 21.3 Å². The highest BCUT2D eigenvalue weighted by Gasteiger charge is 2.50. The number of nitrogens with zero attached hydrogens (tertiary/aromatic N) is 7. The van der Waals surface area contributed by atoms with Gasteiger partial charge in [0.2, 0.25) is 65.0 Å². The fraction of sp³-hybridized carbons (Fsp3) is 0.730. The molecule has 1 unspecified atom stereocenters. The van der Waals surface area contributed by atoms with E-state index in [1.807, 2.05) is 6.92 Å². The summed E-state index contributed by atoms with van der Waals surface area (Å²) in [7, 11) is 8.59. The third-order valence-corrected chi connectivity index (χ3v) is 19.2. The van der Waals surface area contributed by atoms with Gasteiger partial charge in [-0.2, -0.15) is 13.2 Å². The summed E-state index contributed by atoms with van der Waals surface area (Å²) in [5.41, 5.74) is -2.24. The number of carbonyl (C=O) groups is 11. The molecule has 0 aromatic heterocycles. The second-order valence-corrected chi connectivity index (χ2v) is 26.6. The zero-order chi connectivity index (χ0) is 66.0. The van der Waals surface area contributed by atoms with Crippen molar-refractivity contribution in [2.24, 2.45) is 23.7 Å². The van der Waals surface area contributed by atoms with Crippen molar-refractivity contribution in [3.05, 3.63) is 34.3 Å². The largest absolute Gasteiger partial charge is 0.417 e. The molecule has 4 N–H and O–H groups in total. The lowest BCUT2D eigenvalue weighted by Gasteiger charge is -2.39. The van der Waals surface area contributed by atoms with Crippen molar-refractivity contribution >= 4 is 76.6 Å². The van der Waals surface area contributed by atoms with Crippen LogP contribution in [0.1, 0.15) is 155 Å². The van der Waals surface area contributed by atoms with Gasteiger partial charge in [0, 0.05) is 61.3 Å². The van der Waals surface area contributed by atoms with Crippen molar-refractivity contribution in [2.45, 2.75) is 204 Å². The van der Waals surface area contributed by atoms with Crippen LogP contribution < -0.4 is 21.3 Å².